The zero-order valence-corrected chi connectivity index (χ0v) is 9.20. The molecular formula is C13H15N3. The van der Waals surface area contributed by atoms with Gasteiger partial charge in [-0.2, -0.15) is 0 Å². The zero-order valence-electron chi connectivity index (χ0n) is 9.20. The molecule has 0 aromatic heterocycles. The summed E-state index contributed by atoms with van der Waals surface area (Å²) >= 11 is 0. The zero-order chi connectivity index (χ0) is 11.7. The van der Waals surface area contributed by atoms with Crippen molar-refractivity contribution in [3.05, 3.63) is 42.0 Å². The Morgan fingerprint density at radius 1 is 0.812 bits per heavy atom. The highest BCUT2D eigenvalue weighted by Crippen LogP contribution is 2.29. The van der Waals surface area contributed by atoms with Crippen molar-refractivity contribution in [2.75, 3.05) is 17.2 Å². The first-order valence-electron chi connectivity index (χ1n) is 5.09. The van der Waals surface area contributed by atoms with E-state index in [1.165, 1.54) is 5.56 Å². The fraction of sp³-hybridized carbons (Fsp3) is 0.0769. The van der Waals surface area contributed by atoms with Gasteiger partial charge >= 0.3 is 0 Å². The maximum absolute atomic E-state index is 5.79. The van der Waals surface area contributed by atoms with E-state index in [1.807, 2.05) is 43.3 Å². The van der Waals surface area contributed by atoms with Gasteiger partial charge in [0, 0.05) is 5.69 Å². The Labute approximate surface area is 94.9 Å². The van der Waals surface area contributed by atoms with Crippen LogP contribution in [-0.4, -0.2) is 0 Å². The SMILES string of the molecule is Cc1ccc(N)cc1-c1ccc(N)c(N)c1. The molecule has 0 amide bonds. The quantitative estimate of drug-likeness (QED) is 0.636. The van der Waals surface area contributed by atoms with E-state index in [0.29, 0.717) is 11.4 Å². The molecule has 0 saturated heterocycles. The first-order valence-corrected chi connectivity index (χ1v) is 5.09. The molecule has 0 aliphatic heterocycles. The Kier molecular flexibility index (Phi) is 2.44. The van der Waals surface area contributed by atoms with Crippen LogP contribution in [0.4, 0.5) is 17.1 Å². The first kappa shape index (κ1) is 10.4. The van der Waals surface area contributed by atoms with Gasteiger partial charge in [0.15, 0.2) is 0 Å². The summed E-state index contributed by atoms with van der Waals surface area (Å²) in [6, 6.07) is 11.5. The third-order valence-electron chi connectivity index (χ3n) is 2.66. The van der Waals surface area contributed by atoms with Gasteiger partial charge in [-0.15, -0.1) is 0 Å². The Bertz CT molecular complexity index is 533. The summed E-state index contributed by atoms with van der Waals surface area (Å²) in [5.41, 5.74) is 22.5. The van der Waals surface area contributed by atoms with Crippen molar-refractivity contribution in [2.45, 2.75) is 6.92 Å². The molecule has 2 rings (SSSR count). The number of aryl methyl sites for hydroxylation is 1. The molecule has 2 aromatic carbocycles. The molecule has 0 saturated carbocycles. The van der Waals surface area contributed by atoms with Gasteiger partial charge < -0.3 is 17.2 Å². The first-order chi connectivity index (χ1) is 7.58. The lowest BCUT2D eigenvalue weighted by Crippen LogP contribution is -1.95. The highest BCUT2D eigenvalue weighted by atomic mass is 14.7. The molecule has 0 radical (unpaired) electrons. The van der Waals surface area contributed by atoms with Gasteiger partial charge in [-0.05, 0) is 47.9 Å². The predicted octanol–water partition coefficient (Wildman–Crippen LogP) is 2.41. The number of nitrogens with two attached hydrogens (primary N) is 3. The van der Waals surface area contributed by atoms with Gasteiger partial charge in [0.2, 0.25) is 0 Å². The van der Waals surface area contributed by atoms with Crippen LogP contribution in [0.1, 0.15) is 5.56 Å². The minimum atomic E-state index is 0.597. The summed E-state index contributed by atoms with van der Waals surface area (Å²) in [6.45, 7) is 2.04. The molecule has 0 fully saturated rings. The van der Waals surface area contributed by atoms with Gasteiger partial charge in [-0.25, -0.2) is 0 Å². The molecule has 16 heavy (non-hydrogen) atoms. The van der Waals surface area contributed by atoms with Crippen molar-refractivity contribution in [1.82, 2.24) is 0 Å². The Balaban J connectivity index is 2.58. The summed E-state index contributed by atoms with van der Waals surface area (Å²) in [5.74, 6) is 0. The van der Waals surface area contributed by atoms with Gasteiger partial charge in [0.05, 0.1) is 11.4 Å². The van der Waals surface area contributed by atoms with E-state index in [4.69, 9.17) is 17.2 Å². The molecule has 0 atom stereocenters. The van der Waals surface area contributed by atoms with Crippen LogP contribution < -0.4 is 17.2 Å². The van der Waals surface area contributed by atoms with Gasteiger partial charge in [0.1, 0.15) is 0 Å². The van der Waals surface area contributed by atoms with Gasteiger partial charge in [-0.1, -0.05) is 12.1 Å². The molecule has 0 spiro atoms. The maximum Gasteiger partial charge on any atom is 0.0554 e. The minimum absolute atomic E-state index is 0.597. The highest BCUT2D eigenvalue weighted by molar-refractivity contribution is 5.77. The van der Waals surface area contributed by atoms with E-state index in [2.05, 4.69) is 0 Å². The lowest BCUT2D eigenvalue weighted by molar-refractivity contribution is 1.46. The second kappa shape index (κ2) is 3.77. The molecule has 3 nitrogen and oxygen atoms in total. The average Bonchev–Trinajstić information content (AvgIpc) is 2.26. The fourth-order valence-electron chi connectivity index (χ4n) is 1.69. The van der Waals surface area contributed by atoms with E-state index in [1.54, 1.807) is 0 Å². The smallest absolute Gasteiger partial charge is 0.0554 e. The van der Waals surface area contributed by atoms with Crippen LogP contribution in [0.2, 0.25) is 0 Å². The number of rotatable bonds is 1. The summed E-state index contributed by atoms with van der Waals surface area (Å²) < 4.78 is 0. The van der Waals surface area contributed by atoms with Crippen molar-refractivity contribution in [2.24, 2.45) is 0 Å². The lowest BCUT2D eigenvalue weighted by Gasteiger charge is -2.09. The summed E-state index contributed by atoms with van der Waals surface area (Å²) in [7, 11) is 0. The Morgan fingerprint density at radius 3 is 2.25 bits per heavy atom. The molecule has 0 aliphatic rings. The second-order valence-corrected chi connectivity index (χ2v) is 3.92. The third-order valence-corrected chi connectivity index (χ3v) is 2.66. The summed E-state index contributed by atoms with van der Waals surface area (Å²) in [5, 5.41) is 0. The topological polar surface area (TPSA) is 78.1 Å². The monoisotopic (exact) mass is 213 g/mol. The Morgan fingerprint density at radius 2 is 1.56 bits per heavy atom. The van der Waals surface area contributed by atoms with Crippen LogP contribution >= 0.6 is 0 Å². The van der Waals surface area contributed by atoms with Crippen LogP contribution in [0.25, 0.3) is 11.1 Å². The third kappa shape index (κ3) is 1.80. The average molecular weight is 213 g/mol. The molecule has 82 valence electrons. The van der Waals surface area contributed by atoms with E-state index in [9.17, 15) is 0 Å². The molecule has 0 bridgehead atoms. The van der Waals surface area contributed by atoms with E-state index >= 15 is 0 Å². The Hall–Kier alpha value is -2.16. The summed E-state index contributed by atoms with van der Waals surface area (Å²) in [4.78, 5) is 0. The van der Waals surface area contributed by atoms with E-state index in [-0.39, 0.29) is 0 Å². The largest absolute Gasteiger partial charge is 0.399 e. The lowest BCUT2D eigenvalue weighted by atomic mass is 9.99. The van der Waals surface area contributed by atoms with E-state index < -0.39 is 0 Å². The maximum atomic E-state index is 5.79. The normalized spacial score (nSPS) is 10.3. The number of hydrogen-bond donors (Lipinski definition) is 3. The van der Waals surface area contributed by atoms with Crippen molar-refractivity contribution >= 4 is 17.1 Å². The molecule has 0 heterocycles. The summed E-state index contributed by atoms with van der Waals surface area (Å²) in [6.07, 6.45) is 0. The number of benzene rings is 2. The van der Waals surface area contributed by atoms with Crippen molar-refractivity contribution in [1.29, 1.82) is 0 Å². The number of nitrogen functional groups attached to an aromatic ring is 3. The van der Waals surface area contributed by atoms with Crippen molar-refractivity contribution in [3.63, 3.8) is 0 Å². The molecule has 3 heteroatoms. The van der Waals surface area contributed by atoms with Gasteiger partial charge in [-0.3, -0.25) is 0 Å². The van der Waals surface area contributed by atoms with Crippen LogP contribution in [0.3, 0.4) is 0 Å². The van der Waals surface area contributed by atoms with Crippen LogP contribution in [-0.2, 0) is 0 Å². The highest BCUT2D eigenvalue weighted by Gasteiger charge is 2.04. The van der Waals surface area contributed by atoms with E-state index in [0.717, 1.165) is 16.8 Å². The predicted molar refractivity (Wildman–Crippen MR) is 69.9 cm³/mol. The fourth-order valence-corrected chi connectivity index (χ4v) is 1.69. The van der Waals surface area contributed by atoms with Crippen LogP contribution in [0, 0.1) is 6.92 Å². The minimum Gasteiger partial charge on any atom is -0.399 e. The molecule has 2 aromatic rings. The van der Waals surface area contributed by atoms with Gasteiger partial charge in [0.25, 0.3) is 0 Å². The molecular weight excluding hydrogens is 198 g/mol. The standard InChI is InChI=1S/C13H15N3/c1-8-2-4-10(14)7-11(8)9-3-5-12(15)13(16)6-9/h2-7H,14-16H2,1H3. The number of hydrogen-bond acceptors (Lipinski definition) is 3. The number of anilines is 3. The molecule has 6 N–H and O–H groups in total. The van der Waals surface area contributed by atoms with Crippen molar-refractivity contribution < 1.29 is 0 Å². The van der Waals surface area contributed by atoms with Crippen LogP contribution in [0.5, 0.6) is 0 Å². The van der Waals surface area contributed by atoms with Crippen molar-refractivity contribution in [3.8, 4) is 11.1 Å². The molecule has 0 aliphatic carbocycles. The van der Waals surface area contributed by atoms with Crippen LogP contribution in [0.15, 0.2) is 36.4 Å². The second-order valence-electron chi connectivity index (χ2n) is 3.92. The molecule has 0 unspecified atom stereocenters.